The molecule has 0 aromatic heterocycles. The first-order valence-corrected chi connectivity index (χ1v) is 9.18. The van der Waals surface area contributed by atoms with Gasteiger partial charge in [0.2, 0.25) is 5.91 Å². The smallest absolute Gasteiger partial charge is 0.344 e. The van der Waals surface area contributed by atoms with Crippen LogP contribution in [0.1, 0.15) is 41.3 Å². The largest absolute Gasteiger partial charge is 0.482 e. The Morgan fingerprint density at radius 1 is 0.964 bits per heavy atom. The van der Waals surface area contributed by atoms with Crippen molar-refractivity contribution in [2.45, 2.75) is 33.6 Å². The van der Waals surface area contributed by atoms with Gasteiger partial charge >= 0.3 is 5.97 Å². The van der Waals surface area contributed by atoms with Gasteiger partial charge in [0.25, 0.3) is 0 Å². The predicted octanol–water partition coefficient (Wildman–Crippen LogP) is 3.85. The molecule has 28 heavy (non-hydrogen) atoms. The summed E-state index contributed by atoms with van der Waals surface area (Å²) in [5, 5.41) is 2.75. The molecule has 0 saturated heterocycles. The number of rotatable bonds is 9. The molecule has 148 valence electrons. The number of ketones is 1. The van der Waals surface area contributed by atoms with Crippen LogP contribution in [0.5, 0.6) is 5.75 Å². The van der Waals surface area contributed by atoms with E-state index in [1.165, 1.54) is 0 Å². The number of carbonyl (C=O) groups is 3. The summed E-state index contributed by atoms with van der Waals surface area (Å²) in [7, 11) is 0. The highest BCUT2D eigenvalue weighted by molar-refractivity contribution is 5.98. The number of hydrogen-bond donors (Lipinski definition) is 1. The van der Waals surface area contributed by atoms with Crippen molar-refractivity contribution in [1.82, 2.24) is 0 Å². The van der Waals surface area contributed by atoms with Gasteiger partial charge in [-0.3, -0.25) is 9.59 Å². The fourth-order valence-electron chi connectivity index (χ4n) is 2.48. The number of esters is 1. The second-order valence-corrected chi connectivity index (χ2v) is 6.45. The minimum Gasteiger partial charge on any atom is -0.482 e. The fraction of sp³-hybridized carbons (Fsp3) is 0.318. The number of amides is 1. The molecular weight excluding hydrogens is 358 g/mol. The summed E-state index contributed by atoms with van der Waals surface area (Å²) in [5.41, 5.74) is 3.04. The van der Waals surface area contributed by atoms with Crippen molar-refractivity contribution < 1.29 is 23.9 Å². The Balaban J connectivity index is 1.80. The molecular formula is C22H25NO5. The van der Waals surface area contributed by atoms with Gasteiger partial charge in [-0.25, -0.2) is 4.79 Å². The summed E-state index contributed by atoms with van der Waals surface area (Å²) in [4.78, 5) is 35.6. The van der Waals surface area contributed by atoms with Crippen molar-refractivity contribution in [3.05, 3.63) is 59.2 Å². The van der Waals surface area contributed by atoms with Crippen molar-refractivity contribution in [2.24, 2.45) is 0 Å². The number of Topliss-reactive ketones (excluding diaryl/α,β-unsaturated/α-hetero) is 1. The highest BCUT2D eigenvalue weighted by Crippen LogP contribution is 2.20. The summed E-state index contributed by atoms with van der Waals surface area (Å²) >= 11 is 0. The van der Waals surface area contributed by atoms with Gasteiger partial charge in [-0.2, -0.15) is 0 Å². The van der Waals surface area contributed by atoms with Crippen molar-refractivity contribution in [3.63, 3.8) is 0 Å². The van der Waals surface area contributed by atoms with E-state index < -0.39 is 5.97 Å². The lowest BCUT2D eigenvalue weighted by Gasteiger charge is -2.10. The molecule has 0 bridgehead atoms. The summed E-state index contributed by atoms with van der Waals surface area (Å²) < 4.78 is 10.5. The molecule has 0 aliphatic heterocycles. The van der Waals surface area contributed by atoms with Crippen molar-refractivity contribution in [2.75, 3.05) is 18.5 Å². The van der Waals surface area contributed by atoms with Crippen LogP contribution >= 0.6 is 0 Å². The van der Waals surface area contributed by atoms with E-state index in [2.05, 4.69) is 5.32 Å². The molecule has 0 fully saturated rings. The lowest BCUT2D eigenvalue weighted by atomic mass is 10.1. The van der Waals surface area contributed by atoms with E-state index in [-0.39, 0.29) is 24.9 Å². The first-order valence-electron chi connectivity index (χ1n) is 9.18. The van der Waals surface area contributed by atoms with Gasteiger partial charge in [0.15, 0.2) is 19.0 Å². The molecule has 1 amide bonds. The van der Waals surface area contributed by atoms with E-state index >= 15 is 0 Å². The molecule has 1 N–H and O–H groups in total. The molecule has 2 aromatic carbocycles. The normalized spacial score (nSPS) is 10.2. The standard InChI is InChI=1S/C22H25NO5/c1-4-6-21(25)23-18-11-9-17(10-12-18)19(24)13-28-22(26)14-27-20-8-5-7-15(2)16(20)3/h5,7-12H,4,6,13-14H2,1-3H3,(H,23,25). The maximum Gasteiger partial charge on any atom is 0.344 e. The van der Waals surface area contributed by atoms with Gasteiger partial charge in [0.05, 0.1) is 0 Å². The lowest BCUT2D eigenvalue weighted by Crippen LogP contribution is -2.19. The summed E-state index contributed by atoms with van der Waals surface area (Å²) in [6, 6.07) is 12.1. The molecule has 0 spiro atoms. The number of benzene rings is 2. The Morgan fingerprint density at radius 3 is 2.36 bits per heavy atom. The predicted molar refractivity (Wildman–Crippen MR) is 107 cm³/mol. The van der Waals surface area contributed by atoms with E-state index in [0.717, 1.165) is 17.5 Å². The molecule has 0 aliphatic rings. The summed E-state index contributed by atoms with van der Waals surface area (Å²) in [6.45, 7) is 5.17. The first kappa shape index (κ1) is 21.2. The summed E-state index contributed by atoms with van der Waals surface area (Å²) in [5.74, 6) is -0.396. The Morgan fingerprint density at radius 2 is 1.68 bits per heavy atom. The molecule has 0 unspecified atom stereocenters. The Hall–Kier alpha value is -3.15. The third-order valence-corrected chi connectivity index (χ3v) is 4.23. The summed E-state index contributed by atoms with van der Waals surface area (Å²) in [6.07, 6.45) is 1.21. The average Bonchev–Trinajstić information content (AvgIpc) is 2.68. The van der Waals surface area contributed by atoms with Crippen LogP contribution in [-0.4, -0.2) is 30.9 Å². The van der Waals surface area contributed by atoms with Gasteiger partial charge in [0, 0.05) is 17.7 Å². The molecule has 0 aliphatic carbocycles. The minimum absolute atomic E-state index is 0.0700. The SMILES string of the molecule is CCCC(=O)Nc1ccc(C(=O)COC(=O)COc2cccc(C)c2C)cc1. The van der Waals surface area contributed by atoms with Crippen LogP contribution < -0.4 is 10.1 Å². The topological polar surface area (TPSA) is 81.7 Å². The number of hydrogen-bond acceptors (Lipinski definition) is 5. The van der Waals surface area contributed by atoms with Gasteiger partial charge in [-0.1, -0.05) is 19.1 Å². The Bertz CT molecular complexity index is 843. The van der Waals surface area contributed by atoms with E-state index in [1.54, 1.807) is 30.3 Å². The minimum atomic E-state index is -0.613. The fourth-order valence-corrected chi connectivity index (χ4v) is 2.48. The van der Waals surface area contributed by atoms with Gasteiger partial charge in [-0.15, -0.1) is 0 Å². The second kappa shape index (κ2) is 10.3. The van der Waals surface area contributed by atoms with Crippen LogP contribution in [0.2, 0.25) is 0 Å². The second-order valence-electron chi connectivity index (χ2n) is 6.45. The van der Waals surface area contributed by atoms with Gasteiger partial charge < -0.3 is 14.8 Å². The monoisotopic (exact) mass is 383 g/mol. The molecule has 2 aromatic rings. The number of ether oxygens (including phenoxy) is 2. The molecule has 6 nitrogen and oxygen atoms in total. The number of aryl methyl sites for hydroxylation is 1. The third kappa shape index (κ3) is 6.23. The molecule has 0 atom stereocenters. The van der Waals surface area contributed by atoms with Crippen molar-refractivity contribution in [3.8, 4) is 5.75 Å². The lowest BCUT2D eigenvalue weighted by molar-refractivity contribution is -0.144. The van der Waals surface area contributed by atoms with Crippen molar-refractivity contribution in [1.29, 1.82) is 0 Å². The van der Waals surface area contributed by atoms with E-state index in [1.807, 2.05) is 32.9 Å². The zero-order valence-electron chi connectivity index (χ0n) is 16.4. The maximum atomic E-state index is 12.2. The number of anilines is 1. The van der Waals surface area contributed by atoms with E-state index in [4.69, 9.17) is 9.47 Å². The van der Waals surface area contributed by atoms with Crippen molar-refractivity contribution >= 4 is 23.3 Å². The zero-order valence-corrected chi connectivity index (χ0v) is 16.4. The zero-order chi connectivity index (χ0) is 20.5. The van der Waals surface area contributed by atoms with Crippen LogP contribution in [0.25, 0.3) is 0 Å². The molecule has 0 saturated carbocycles. The third-order valence-electron chi connectivity index (χ3n) is 4.23. The highest BCUT2D eigenvalue weighted by Gasteiger charge is 2.12. The van der Waals surface area contributed by atoms with E-state index in [0.29, 0.717) is 23.4 Å². The van der Waals surface area contributed by atoms with Crippen LogP contribution in [-0.2, 0) is 14.3 Å². The Kier molecular flexibility index (Phi) is 7.75. The molecule has 6 heteroatoms. The van der Waals surface area contributed by atoms with Gasteiger partial charge in [-0.05, 0) is 61.7 Å². The maximum absolute atomic E-state index is 12.2. The van der Waals surface area contributed by atoms with E-state index in [9.17, 15) is 14.4 Å². The first-order chi connectivity index (χ1) is 13.4. The highest BCUT2D eigenvalue weighted by atomic mass is 16.6. The molecule has 0 radical (unpaired) electrons. The van der Waals surface area contributed by atoms with Gasteiger partial charge in [0.1, 0.15) is 5.75 Å². The Labute approximate surface area is 164 Å². The van der Waals surface area contributed by atoms with Crippen LogP contribution in [0.3, 0.4) is 0 Å². The molecule has 2 rings (SSSR count). The average molecular weight is 383 g/mol. The van der Waals surface area contributed by atoms with Crippen LogP contribution in [0.15, 0.2) is 42.5 Å². The van der Waals surface area contributed by atoms with Crippen LogP contribution in [0, 0.1) is 13.8 Å². The number of carbonyl (C=O) groups excluding carboxylic acids is 3. The molecule has 0 heterocycles. The quantitative estimate of drug-likeness (QED) is 0.525. The number of nitrogens with one attached hydrogen (secondary N) is 1. The van der Waals surface area contributed by atoms with Crippen LogP contribution in [0.4, 0.5) is 5.69 Å².